The van der Waals surface area contributed by atoms with Crippen LogP contribution in [-0.4, -0.2) is 62.0 Å². The van der Waals surface area contributed by atoms with Gasteiger partial charge in [-0.1, -0.05) is 13.8 Å². The maximum absolute atomic E-state index is 13.8. The SMILES string of the molecule is COc1cc(-c2c(C(C)C)c3nc(C4CCC5(C4)OCCO5)ccc3n2C(=O)OC(C)(C)C)cn2ncnc12. The van der Waals surface area contributed by atoms with Crippen LogP contribution in [-0.2, 0) is 14.2 Å². The summed E-state index contributed by atoms with van der Waals surface area (Å²) >= 11 is 0. The van der Waals surface area contributed by atoms with E-state index in [0.29, 0.717) is 35.8 Å². The van der Waals surface area contributed by atoms with Crippen molar-refractivity contribution in [2.24, 2.45) is 0 Å². The highest BCUT2D eigenvalue weighted by Gasteiger charge is 2.45. The monoisotopic (exact) mass is 533 g/mol. The van der Waals surface area contributed by atoms with Crippen molar-refractivity contribution in [2.75, 3.05) is 20.3 Å². The number of carbonyl (C=O) groups excluding carboxylic acids is 1. The van der Waals surface area contributed by atoms with Crippen molar-refractivity contribution >= 4 is 22.8 Å². The molecule has 6 rings (SSSR count). The van der Waals surface area contributed by atoms with Crippen molar-refractivity contribution in [3.63, 3.8) is 0 Å². The number of aromatic nitrogens is 5. The Bertz CT molecular complexity index is 1560. The number of hydrogen-bond acceptors (Lipinski definition) is 8. The van der Waals surface area contributed by atoms with E-state index in [0.717, 1.165) is 41.6 Å². The van der Waals surface area contributed by atoms with E-state index < -0.39 is 17.5 Å². The second-order valence-corrected chi connectivity index (χ2v) is 11.7. The van der Waals surface area contributed by atoms with Gasteiger partial charge >= 0.3 is 6.09 Å². The summed E-state index contributed by atoms with van der Waals surface area (Å²) in [6, 6.07) is 5.90. The van der Waals surface area contributed by atoms with Crippen molar-refractivity contribution in [3.05, 3.63) is 42.0 Å². The first-order valence-electron chi connectivity index (χ1n) is 13.5. The van der Waals surface area contributed by atoms with Gasteiger partial charge in [-0.2, -0.15) is 5.10 Å². The molecule has 39 heavy (non-hydrogen) atoms. The fourth-order valence-electron chi connectivity index (χ4n) is 5.92. The van der Waals surface area contributed by atoms with Crippen LogP contribution in [0.25, 0.3) is 27.9 Å². The van der Waals surface area contributed by atoms with Crippen molar-refractivity contribution in [1.29, 1.82) is 0 Å². The Morgan fingerprint density at radius 1 is 1.21 bits per heavy atom. The minimum absolute atomic E-state index is 0.0581. The summed E-state index contributed by atoms with van der Waals surface area (Å²) in [6.45, 7) is 11.1. The topological polar surface area (TPSA) is 102 Å². The molecule has 0 N–H and O–H groups in total. The summed E-state index contributed by atoms with van der Waals surface area (Å²) in [5.74, 6) is 0.344. The molecule has 0 bridgehead atoms. The van der Waals surface area contributed by atoms with Crippen molar-refractivity contribution < 1.29 is 23.7 Å². The Morgan fingerprint density at radius 2 is 1.97 bits per heavy atom. The fourth-order valence-corrected chi connectivity index (χ4v) is 5.92. The van der Waals surface area contributed by atoms with Crippen LogP contribution in [0.15, 0.2) is 30.7 Å². The predicted octanol–water partition coefficient (Wildman–Crippen LogP) is 5.67. The molecule has 1 aliphatic heterocycles. The minimum atomic E-state index is -0.677. The van der Waals surface area contributed by atoms with Gasteiger partial charge in [0.25, 0.3) is 0 Å². The molecule has 1 saturated heterocycles. The van der Waals surface area contributed by atoms with Crippen LogP contribution in [0, 0.1) is 0 Å². The molecule has 10 heteroatoms. The number of carbonyl (C=O) groups is 1. The molecule has 4 aromatic heterocycles. The Hall–Kier alpha value is -3.50. The Labute approximate surface area is 227 Å². The molecule has 206 valence electrons. The zero-order valence-corrected chi connectivity index (χ0v) is 23.4. The van der Waals surface area contributed by atoms with E-state index in [1.54, 1.807) is 16.2 Å². The third-order valence-electron chi connectivity index (χ3n) is 7.52. The average molecular weight is 534 g/mol. The van der Waals surface area contributed by atoms with E-state index >= 15 is 0 Å². The van der Waals surface area contributed by atoms with Crippen LogP contribution in [0.3, 0.4) is 0 Å². The average Bonchev–Trinajstić information content (AvgIpc) is 3.67. The summed E-state index contributed by atoms with van der Waals surface area (Å²) in [6.07, 6.45) is 5.46. The molecule has 1 spiro atoms. The van der Waals surface area contributed by atoms with Crippen LogP contribution in [0.4, 0.5) is 4.79 Å². The van der Waals surface area contributed by atoms with E-state index in [4.69, 9.17) is 23.9 Å². The second kappa shape index (κ2) is 9.31. The summed E-state index contributed by atoms with van der Waals surface area (Å²) < 4.78 is 26.8. The Morgan fingerprint density at radius 3 is 2.67 bits per heavy atom. The molecule has 0 radical (unpaired) electrons. The van der Waals surface area contributed by atoms with Crippen molar-refractivity contribution in [3.8, 4) is 17.0 Å². The molecule has 5 heterocycles. The Balaban J connectivity index is 1.57. The van der Waals surface area contributed by atoms with Gasteiger partial charge in [-0.15, -0.1) is 0 Å². The lowest BCUT2D eigenvalue weighted by atomic mass is 9.97. The molecule has 1 aliphatic carbocycles. The highest BCUT2D eigenvalue weighted by atomic mass is 16.7. The maximum Gasteiger partial charge on any atom is 0.419 e. The zero-order valence-electron chi connectivity index (χ0n) is 23.4. The van der Waals surface area contributed by atoms with E-state index in [1.165, 1.54) is 6.33 Å². The van der Waals surface area contributed by atoms with Gasteiger partial charge in [-0.05, 0) is 51.3 Å². The normalized spacial score (nSPS) is 19.1. The summed E-state index contributed by atoms with van der Waals surface area (Å²) in [7, 11) is 1.60. The van der Waals surface area contributed by atoms with Gasteiger partial charge < -0.3 is 18.9 Å². The number of rotatable bonds is 4. The number of pyridine rings is 2. The molecule has 2 aliphatic rings. The molecular formula is C29H35N5O5. The lowest BCUT2D eigenvalue weighted by Gasteiger charge is -2.21. The first kappa shape index (κ1) is 25.8. The molecule has 0 aromatic carbocycles. The summed E-state index contributed by atoms with van der Waals surface area (Å²) in [4.78, 5) is 23.3. The van der Waals surface area contributed by atoms with E-state index in [2.05, 4.69) is 23.9 Å². The van der Waals surface area contributed by atoms with Gasteiger partial charge in [-0.3, -0.25) is 4.98 Å². The second-order valence-electron chi connectivity index (χ2n) is 11.7. The third-order valence-corrected chi connectivity index (χ3v) is 7.52. The highest BCUT2D eigenvalue weighted by Crippen LogP contribution is 2.46. The molecule has 1 unspecified atom stereocenters. The van der Waals surface area contributed by atoms with Crippen LogP contribution >= 0.6 is 0 Å². The van der Waals surface area contributed by atoms with Crippen LogP contribution < -0.4 is 4.74 Å². The van der Waals surface area contributed by atoms with Gasteiger partial charge in [0.05, 0.1) is 37.1 Å². The quantitative estimate of drug-likeness (QED) is 0.331. The number of methoxy groups -OCH3 is 1. The Kier molecular flexibility index (Phi) is 6.15. The van der Waals surface area contributed by atoms with Gasteiger partial charge in [0.1, 0.15) is 11.9 Å². The molecule has 4 aromatic rings. The molecule has 1 atom stereocenters. The van der Waals surface area contributed by atoms with Gasteiger partial charge in [0.15, 0.2) is 17.2 Å². The van der Waals surface area contributed by atoms with Gasteiger partial charge in [-0.25, -0.2) is 18.9 Å². The molecule has 0 amide bonds. The van der Waals surface area contributed by atoms with Gasteiger partial charge in [0.2, 0.25) is 0 Å². The molecule has 10 nitrogen and oxygen atoms in total. The van der Waals surface area contributed by atoms with Crippen LogP contribution in [0.1, 0.15) is 77.0 Å². The van der Waals surface area contributed by atoms with Crippen LogP contribution in [0.2, 0.25) is 0 Å². The number of ether oxygens (including phenoxy) is 4. The number of fused-ring (bicyclic) bond motifs is 2. The molecule has 2 fully saturated rings. The molecule has 1 saturated carbocycles. The van der Waals surface area contributed by atoms with Crippen LogP contribution in [0.5, 0.6) is 5.75 Å². The van der Waals surface area contributed by atoms with E-state index in [-0.39, 0.29) is 11.8 Å². The number of hydrogen-bond donors (Lipinski definition) is 0. The first-order chi connectivity index (χ1) is 18.6. The predicted molar refractivity (Wildman–Crippen MR) is 145 cm³/mol. The van der Waals surface area contributed by atoms with Crippen molar-refractivity contribution in [2.45, 2.75) is 77.1 Å². The summed E-state index contributed by atoms with van der Waals surface area (Å²) in [5.41, 5.74) is 4.81. The van der Waals surface area contributed by atoms with E-state index in [1.807, 2.05) is 45.2 Å². The third kappa shape index (κ3) is 4.45. The van der Waals surface area contributed by atoms with Crippen molar-refractivity contribution in [1.82, 2.24) is 24.1 Å². The number of nitrogens with zero attached hydrogens (tertiary/aromatic N) is 5. The minimum Gasteiger partial charge on any atom is -0.493 e. The standard InChI is InChI=1S/C29H35N5O5/c1-17(2)23-24-21(8-7-20(32-24)18-9-10-29(14-18)37-11-12-38-29)34(27(35)39-28(3,4)5)25(23)19-13-22(36-6)26-30-16-31-33(26)15-19/h7-8,13,15-18H,9-12,14H2,1-6H3. The fraction of sp³-hybridized carbons (Fsp3) is 0.517. The first-order valence-corrected chi connectivity index (χ1v) is 13.5. The van der Waals surface area contributed by atoms with E-state index in [9.17, 15) is 4.79 Å². The lowest BCUT2D eigenvalue weighted by Crippen LogP contribution is -2.27. The summed E-state index contributed by atoms with van der Waals surface area (Å²) in [5, 5.41) is 4.34. The zero-order chi connectivity index (χ0) is 27.5. The molecular weight excluding hydrogens is 498 g/mol. The largest absolute Gasteiger partial charge is 0.493 e. The van der Waals surface area contributed by atoms with Gasteiger partial charge in [0, 0.05) is 41.8 Å². The smallest absolute Gasteiger partial charge is 0.419 e. The highest BCUT2D eigenvalue weighted by molar-refractivity contribution is 5.98. The maximum atomic E-state index is 13.8. The lowest BCUT2D eigenvalue weighted by molar-refractivity contribution is -0.151.